The van der Waals surface area contributed by atoms with Gasteiger partial charge in [-0.05, 0) is 18.7 Å². The second-order valence-electron chi connectivity index (χ2n) is 3.33. The maximum Gasteiger partial charge on any atom is 0.195 e. The lowest BCUT2D eigenvalue weighted by atomic mass is 10.5. The summed E-state index contributed by atoms with van der Waals surface area (Å²) in [6.07, 6.45) is 2.70. The van der Waals surface area contributed by atoms with Gasteiger partial charge in [0, 0.05) is 22.7 Å². The summed E-state index contributed by atoms with van der Waals surface area (Å²) in [4.78, 5) is 20.7. The van der Waals surface area contributed by atoms with Crippen LogP contribution in [0, 0.1) is 6.92 Å². The summed E-state index contributed by atoms with van der Waals surface area (Å²) in [5.74, 6) is 0. The van der Waals surface area contributed by atoms with Gasteiger partial charge in [0.2, 0.25) is 0 Å². The van der Waals surface area contributed by atoms with Crippen LogP contribution in [-0.4, -0.2) is 20.7 Å². The molecule has 0 radical (unpaired) electrons. The number of aryl methyl sites for hydroxylation is 1. The number of hydrogen-bond donors (Lipinski definition) is 0. The second kappa shape index (κ2) is 4.25. The van der Waals surface area contributed by atoms with E-state index in [1.165, 1.54) is 23.1 Å². The number of rotatable bonds is 3. The maximum absolute atomic E-state index is 11.1. The molecule has 3 aromatic rings. The van der Waals surface area contributed by atoms with Crippen molar-refractivity contribution in [1.29, 1.82) is 0 Å². The molecule has 86 valence electrons. The molecule has 3 heterocycles. The monoisotopic (exact) mass is 281 g/mol. The van der Waals surface area contributed by atoms with Crippen LogP contribution in [0.5, 0.6) is 0 Å². The standard InChI is InChI=1S/C10H7N3OS3/c1-6-5-16-10(11-6)17-8-7(4-14)13-2-3-15-9(13)12-8/h2-5H,1H3. The van der Waals surface area contributed by atoms with Crippen LogP contribution in [0.1, 0.15) is 16.2 Å². The Kier molecular flexibility index (Phi) is 2.73. The number of fused-ring (bicyclic) bond motifs is 1. The van der Waals surface area contributed by atoms with Gasteiger partial charge >= 0.3 is 0 Å². The van der Waals surface area contributed by atoms with Gasteiger partial charge in [-0.15, -0.1) is 22.7 Å². The van der Waals surface area contributed by atoms with E-state index >= 15 is 0 Å². The summed E-state index contributed by atoms with van der Waals surface area (Å²) >= 11 is 4.52. The molecule has 0 saturated heterocycles. The topological polar surface area (TPSA) is 47.3 Å². The first-order valence-electron chi connectivity index (χ1n) is 4.78. The largest absolute Gasteiger partial charge is 0.296 e. The smallest absolute Gasteiger partial charge is 0.195 e. The van der Waals surface area contributed by atoms with Crippen molar-refractivity contribution < 1.29 is 4.79 Å². The molecule has 0 bridgehead atoms. The van der Waals surface area contributed by atoms with E-state index in [0.29, 0.717) is 5.69 Å². The first kappa shape index (κ1) is 10.9. The van der Waals surface area contributed by atoms with Gasteiger partial charge in [0.15, 0.2) is 15.6 Å². The minimum Gasteiger partial charge on any atom is -0.296 e. The number of aldehydes is 1. The van der Waals surface area contributed by atoms with Gasteiger partial charge < -0.3 is 0 Å². The lowest BCUT2D eigenvalue weighted by Gasteiger charge is -1.93. The third-order valence-corrected chi connectivity index (χ3v) is 4.97. The summed E-state index contributed by atoms with van der Waals surface area (Å²) in [7, 11) is 0. The van der Waals surface area contributed by atoms with Gasteiger partial charge in [-0.2, -0.15) is 0 Å². The molecule has 4 nitrogen and oxygen atoms in total. The highest BCUT2D eigenvalue weighted by molar-refractivity contribution is 8.01. The molecule has 3 aromatic heterocycles. The first-order chi connectivity index (χ1) is 8.28. The molecular formula is C10H7N3OS3. The van der Waals surface area contributed by atoms with Crippen molar-refractivity contribution in [2.75, 3.05) is 0 Å². The quantitative estimate of drug-likeness (QED) is 0.692. The molecule has 0 saturated carbocycles. The molecular weight excluding hydrogens is 274 g/mol. The zero-order valence-corrected chi connectivity index (χ0v) is 11.2. The maximum atomic E-state index is 11.1. The van der Waals surface area contributed by atoms with Crippen LogP contribution in [0.4, 0.5) is 0 Å². The Balaban J connectivity index is 2.04. The third-order valence-electron chi connectivity index (χ3n) is 2.16. The van der Waals surface area contributed by atoms with Crippen molar-refractivity contribution in [3.8, 4) is 0 Å². The molecule has 0 unspecified atom stereocenters. The summed E-state index contributed by atoms with van der Waals surface area (Å²) in [6, 6.07) is 0. The van der Waals surface area contributed by atoms with Crippen LogP contribution >= 0.6 is 34.4 Å². The zero-order valence-electron chi connectivity index (χ0n) is 8.78. The van der Waals surface area contributed by atoms with Crippen molar-refractivity contribution in [3.05, 3.63) is 28.3 Å². The highest BCUT2D eigenvalue weighted by Gasteiger charge is 2.14. The predicted molar refractivity (Wildman–Crippen MR) is 69.4 cm³/mol. The van der Waals surface area contributed by atoms with Crippen molar-refractivity contribution in [2.24, 2.45) is 0 Å². The van der Waals surface area contributed by atoms with Gasteiger partial charge in [-0.3, -0.25) is 9.20 Å². The molecule has 0 aliphatic heterocycles. The molecule has 0 aromatic carbocycles. The lowest BCUT2D eigenvalue weighted by Crippen LogP contribution is -1.88. The summed E-state index contributed by atoms with van der Waals surface area (Å²) < 4.78 is 2.72. The minimum atomic E-state index is 0.596. The van der Waals surface area contributed by atoms with Crippen molar-refractivity contribution >= 4 is 45.7 Å². The molecule has 0 amide bonds. The fraction of sp³-hybridized carbons (Fsp3) is 0.100. The number of carbonyl (C=O) groups excluding carboxylic acids is 1. The average Bonchev–Trinajstić information content (AvgIpc) is 2.95. The molecule has 0 fully saturated rings. The SMILES string of the molecule is Cc1csc(Sc2nc3sccn3c2C=O)n1. The molecule has 0 atom stereocenters. The van der Waals surface area contributed by atoms with E-state index in [9.17, 15) is 4.79 Å². The van der Waals surface area contributed by atoms with E-state index in [0.717, 1.165) is 26.3 Å². The summed E-state index contributed by atoms with van der Waals surface area (Å²) in [6.45, 7) is 1.95. The Bertz CT molecular complexity index is 682. The van der Waals surface area contributed by atoms with E-state index in [1.807, 2.05) is 23.9 Å². The second-order valence-corrected chi connectivity index (χ2v) is 6.30. The van der Waals surface area contributed by atoms with Gasteiger partial charge in [-0.25, -0.2) is 9.97 Å². The number of nitrogens with zero attached hydrogens (tertiary/aromatic N) is 3. The normalized spacial score (nSPS) is 11.1. The number of imidazole rings is 1. The van der Waals surface area contributed by atoms with Crippen molar-refractivity contribution in [1.82, 2.24) is 14.4 Å². The molecule has 7 heteroatoms. The molecule has 0 N–H and O–H groups in total. The molecule has 0 aliphatic rings. The van der Waals surface area contributed by atoms with E-state index in [-0.39, 0.29) is 0 Å². The third kappa shape index (κ3) is 1.90. The fourth-order valence-corrected chi connectivity index (χ4v) is 4.04. The highest BCUT2D eigenvalue weighted by atomic mass is 32.2. The van der Waals surface area contributed by atoms with E-state index in [4.69, 9.17) is 0 Å². The predicted octanol–water partition coefficient (Wildman–Crippen LogP) is 3.12. The van der Waals surface area contributed by atoms with E-state index < -0.39 is 0 Å². The van der Waals surface area contributed by atoms with Crippen LogP contribution < -0.4 is 0 Å². The Labute approximate surface area is 109 Å². The molecule has 17 heavy (non-hydrogen) atoms. The summed E-state index contributed by atoms with van der Waals surface area (Å²) in [5, 5.41) is 4.62. The Morgan fingerprint density at radius 3 is 3.00 bits per heavy atom. The van der Waals surface area contributed by atoms with Crippen LogP contribution in [0.2, 0.25) is 0 Å². The Morgan fingerprint density at radius 2 is 2.29 bits per heavy atom. The van der Waals surface area contributed by atoms with Gasteiger partial charge in [-0.1, -0.05) is 0 Å². The summed E-state index contributed by atoms with van der Waals surface area (Å²) in [5.41, 5.74) is 1.59. The van der Waals surface area contributed by atoms with Crippen LogP contribution in [-0.2, 0) is 0 Å². The van der Waals surface area contributed by atoms with Crippen molar-refractivity contribution in [2.45, 2.75) is 16.3 Å². The Morgan fingerprint density at radius 1 is 1.41 bits per heavy atom. The lowest BCUT2D eigenvalue weighted by molar-refractivity contribution is 0.111. The number of thiazole rings is 2. The van der Waals surface area contributed by atoms with E-state index in [2.05, 4.69) is 9.97 Å². The minimum absolute atomic E-state index is 0.596. The van der Waals surface area contributed by atoms with Gasteiger partial charge in [0.05, 0.1) is 0 Å². The van der Waals surface area contributed by atoms with Gasteiger partial charge in [0.25, 0.3) is 0 Å². The average molecular weight is 281 g/mol. The Hall–Kier alpha value is -1.18. The molecule has 0 aliphatic carbocycles. The zero-order chi connectivity index (χ0) is 11.8. The van der Waals surface area contributed by atoms with Crippen LogP contribution in [0.15, 0.2) is 26.3 Å². The van der Waals surface area contributed by atoms with Crippen LogP contribution in [0.3, 0.4) is 0 Å². The number of aromatic nitrogens is 3. The highest BCUT2D eigenvalue weighted by Crippen LogP contribution is 2.32. The van der Waals surface area contributed by atoms with Crippen molar-refractivity contribution in [3.63, 3.8) is 0 Å². The van der Waals surface area contributed by atoms with Gasteiger partial charge in [0.1, 0.15) is 10.7 Å². The molecule has 0 spiro atoms. The molecule has 3 rings (SSSR count). The number of carbonyl (C=O) groups is 1. The first-order valence-corrected chi connectivity index (χ1v) is 7.36. The number of hydrogen-bond acceptors (Lipinski definition) is 6. The fourth-order valence-electron chi connectivity index (χ4n) is 1.43. The van der Waals surface area contributed by atoms with E-state index in [1.54, 1.807) is 15.7 Å². The van der Waals surface area contributed by atoms with Crippen LogP contribution in [0.25, 0.3) is 4.96 Å².